The first kappa shape index (κ1) is 24.6. The molecule has 33 heavy (non-hydrogen) atoms. The molecule has 4 N–H and O–H groups in total. The number of carbonyl (C=O) groups excluding carboxylic acids is 2. The molecule has 0 aromatic carbocycles. The summed E-state index contributed by atoms with van der Waals surface area (Å²) >= 11 is 0. The highest BCUT2D eigenvalue weighted by Gasteiger charge is 2.81. The largest absolute Gasteiger partial charge is 0.461 e. The molecule has 0 amide bonds. The van der Waals surface area contributed by atoms with Gasteiger partial charge in [-0.1, -0.05) is 52.7 Å². The predicted octanol–water partition coefficient (Wildman–Crippen LogP) is 2.06. The molecule has 0 aliphatic heterocycles. The Morgan fingerprint density at radius 1 is 1.18 bits per heavy atom. The molecule has 8 atom stereocenters. The number of carbonyl (C=O) groups is 2. The summed E-state index contributed by atoms with van der Waals surface area (Å²) in [6, 6.07) is 0. The third-order valence-electron chi connectivity index (χ3n) is 9.30. The summed E-state index contributed by atoms with van der Waals surface area (Å²) in [7, 11) is 0. The van der Waals surface area contributed by atoms with E-state index in [1.54, 1.807) is 26.0 Å². The minimum absolute atomic E-state index is 0.197. The van der Waals surface area contributed by atoms with Gasteiger partial charge >= 0.3 is 5.97 Å². The lowest BCUT2D eigenvalue weighted by Gasteiger charge is -2.48. The summed E-state index contributed by atoms with van der Waals surface area (Å²) in [4.78, 5) is 26.4. The van der Waals surface area contributed by atoms with Crippen LogP contribution in [0.25, 0.3) is 0 Å². The zero-order valence-corrected chi connectivity index (χ0v) is 20.3. The van der Waals surface area contributed by atoms with E-state index in [9.17, 15) is 30.0 Å². The van der Waals surface area contributed by atoms with Gasteiger partial charge in [-0.05, 0) is 36.8 Å². The summed E-state index contributed by atoms with van der Waals surface area (Å²) in [5.41, 5.74) is -4.78. The maximum absolute atomic E-state index is 14.1. The number of Topliss-reactive ketones (excluding diaryl/α,β-unsaturated/α-hetero) is 1. The van der Waals surface area contributed by atoms with Crippen molar-refractivity contribution in [3.63, 3.8) is 0 Å². The van der Waals surface area contributed by atoms with Crippen LogP contribution in [0.2, 0.25) is 0 Å². The zero-order chi connectivity index (χ0) is 24.6. The van der Waals surface area contributed by atoms with Gasteiger partial charge in [0, 0.05) is 23.7 Å². The molecule has 0 heterocycles. The molecule has 0 unspecified atom stereocenters. The van der Waals surface area contributed by atoms with Crippen LogP contribution < -0.4 is 0 Å². The number of esters is 1. The Kier molecular flexibility index (Phi) is 5.76. The SMILES string of the molecule is CCCCCC(=O)OCC1=C[C@@H]2C(=O)[C@]3(C=C(C)[C@H](O)[C@@]3(O)[C@@H]1O)[C@H](C)C[C@]1(O)[C@H]2C1(C)C. The Bertz CT molecular complexity index is 920. The van der Waals surface area contributed by atoms with Crippen LogP contribution in [0, 0.1) is 28.6 Å². The number of hydrogen-bond donors (Lipinski definition) is 4. The lowest BCUT2D eigenvalue weighted by atomic mass is 9.59. The molecule has 184 valence electrons. The lowest BCUT2D eigenvalue weighted by Crippen LogP contribution is -2.65. The molecule has 0 radical (unpaired) electrons. The number of aliphatic hydroxyl groups is 4. The first-order chi connectivity index (χ1) is 15.3. The number of unbranched alkanes of at least 4 members (excludes halogenated alkanes) is 2. The van der Waals surface area contributed by atoms with Crippen LogP contribution in [0.3, 0.4) is 0 Å². The fraction of sp³-hybridized carbons (Fsp3) is 0.769. The lowest BCUT2D eigenvalue weighted by molar-refractivity contribution is -0.191. The number of rotatable bonds is 6. The van der Waals surface area contributed by atoms with Crippen LogP contribution in [0.4, 0.5) is 0 Å². The Labute approximate surface area is 195 Å². The minimum atomic E-state index is -2.21. The van der Waals surface area contributed by atoms with Crippen molar-refractivity contribution in [2.75, 3.05) is 6.61 Å². The molecule has 1 spiro atoms. The molecule has 2 bridgehead atoms. The highest BCUT2D eigenvalue weighted by molar-refractivity contribution is 5.95. The molecular formula is C26H38O7. The van der Waals surface area contributed by atoms with Crippen molar-refractivity contribution in [1.29, 1.82) is 0 Å². The summed E-state index contributed by atoms with van der Waals surface area (Å²) in [5.74, 6) is -2.41. The number of allylic oxidation sites excluding steroid dienone is 1. The average molecular weight is 463 g/mol. The van der Waals surface area contributed by atoms with Crippen LogP contribution >= 0.6 is 0 Å². The number of hydrogen-bond acceptors (Lipinski definition) is 7. The van der Waals surface area contributed by atoms with Crippen molar-refractivity contribution in [2.45, 2.75) is 90.1 Å². The van der Waals surface area contributed by atoms with E-state index in [-0.39, 0.29) is 30.8 Å². The zero-order valence-electron chi connectivity index (χ0n) is 20.3. The van der Waals surface area contributed by atoms with Crippen molar-refractivity contribution >= 4 is 11.8 Å². The smallest absolute Gasteiger partial charge is 0.306 e. The van der Waals surface area contributed by atoms with Crippen molar-refractivity contribution in [3.8, 4) is 0 Å². The Morgan fingerprint density at radius 3 is 2.48 bits per heavy atom. The molecule has 2 fully saturated rings. The normalized spacial score (nSPS) is 45.2. The summed E-state index contributed by atoms with van der Waals surface area (Å²) in [5, 5.41) is 45.9. The highest BCUT2D eigenvalue weighted by Crippen LogP contribution is 2.73. The van der Waals surface area contributed by atoms with Crippen molar-refractivity contribution in [3.05, 3.63) is 23.3 Å². The van der Waals surface area contributed by atoms with Gasteiger partial charge in [-0.3, -0.25) is 9.59 Å². The topological polar surface area (TPSA) is 124 Å². The maximum Gasteiger partial charge on any atom is 0.306 e. The second kappa shape index (κ2) is 7.74. The fourth-order valence-electron chi connectivity index (χ4n) is 7.27. The average Bonchev–Trinajstić information content (AvgIpc) is 3.13. The van der Waals surface area contributed by atoms with Gasteiger partial charge < -0.3 is 25.2 Å². The van der Waals surface area contributed by atoms with Gasteiger partial charge in [0.05, 0.1) is 11.0 Å². The molecule has 4 aliphatic carbocycles. The van der Waals surface area contributed by atoms with Gasteiger partial charge in [0.1, 0.15) is 24.4 Å². The molecular weight excluding hydrogens is 424 g/mol. The number of ketones is 1. The standard InChI is InChI=1S/C26H38O7/c1-6-7-8-9-18(27)33-13-16-10-17-19-23(4,5)25(19,31)12-15(3)24(22(17)30)11-14(2)20(28)26(24,32)21(16)29/h10-11,15,17,19-21,28-29,31-32H,6-9,12-13H2,1-5H3/t15-,17+,19-,20+,21-,24+,25+,26-/m1/s1. The van der Waals surface area contributed by atoms with Gasteiger partial charge in [-0.25, -0.2) is 0 Å². The summed E-state index contributed by atoms with van der Waals surface area (Å²) in [6.45, 7) is 9.04. The van der Waals surface area contributed by atoms with Crippen molar-refractivity contribution < 1.29 is 34.8 Å². The maximum atomic E-state index is 14.1. The third-order valence-corrected chi connectivity index (χ3v) is 9.30. The van der Waals surface area contributed by atoms with E-state index in [1.165, 1.54) is 0 Å². The van der Waals surface area contributed by atoms with Crippen molar-refractivity contribution in [1.82, 2.24) is 0 Å². The Morgan fingerprint density at radius 2 is 1.85 bits per heavy atom. The van der Waals surface area contributed by atoms with E-state index >= 15 is 0 Å². The molecule has 0 aromatic rings. The van der Waals surface area contributed by atoms with E-state index in [4.69, 9.17) is 4.74 Å². The quantitative estimate of drug-likeness (QED) is 0.271. The summed E-state index contributed by atoms with van der Waals surface area (Å²) in [6.07, 6.45) is 3.23. The van der Waals surface area contributed by atoms with Crippen LogP contribution in [0.15, 0.2) is 23.3 Å². The van der Waals surface area contributed by atoms with Crippen LogP contribution in [-0.2, 0) is 14.3 Å². The minimum Gasteiger partial charge on any atom is -0.461 e. The second-order valence-corrected chi connectivity index (χ2v) is 11.4. The highest BCUT2D eigenvalue weighted by atomic mass is 16.5. The monoisotopic (exact) mass is 462 g/mol. The fourth-order valence-corrected chi connectivity index (χ4v) is 7.27. The number of ether oxygens (including phenoxy) is 1. The molecule has 0 saturated heterocycles. The van der Waals surface area contributed by atoms with Gasteiger partial charge in [-0.15, -0.1) is 0 Å². The predicted molar refractivity (Wildman–Crippen MR) is 121 cm³/mol. The Hall–Kier alpha value is -1.54. The van der Waals surface area contributed by atoms with Crippen LogP contribution in [-0.4, -0.2) is 62.2 Å². The van der Waals surface area contributed by atoms with Gasteiger partial charge in [0.2, 0.25) is 0 Å². The second-order valence-electron chi connectivity index (χ2n) is 11.4. The molecule has 7 heteroatoms. The van der Waals surface area contributed by atoms with Gasteiger partial charge in [-0.2, -0.15) is 0 Å². The van der Waals surface area contributed by atoms with E-state index in [2.05, 4.69) is 0 Å². The molecule has 7 nitrogen and oxygen atoms in total. The third kappa shape index (κ3) is 3.01. The number of fused-ring (bicyclic) bond motifs is 3. The van der Waals surface area contributed by atoms with E-state index < -0.39 is 58.0 Å². The first-order valence-corrected chi connectivity index (χ1v) is 12.2. The van der Waals surface area contributed by atoms with Crippen LogP contribution in [0.1, 0.15) is 66.7 Å². The molecule has 2 saturated carbocycles. The summed E-state index contributed by atoms with van der Waals surface area (Å²) < 4.78 is 5.42. The molecule has 0 aromatic heterocycles. The Balaban J connectivity index is 1.77. The number of aliphatic hydroxyl groups excluding tert-OH is 2. The van der Waals surface area contributed by atoms with E-state index in [0.29, 0.717) is 12.0 Å². The molecule has 4 rings (SSSR count). The van der Waals surface area contributed by atoms with Gasteiger partial charge in [0.15, 0.2) is 5.78 Å². The first-order valence-electron chi connectivity index (χ1n) is 12.2. The van der Waals surface area contributed by atoms with Crippen LogP contribution in [0.5, 0.6) is 0 Å². The van der Waals surface area contributed by atoms with E-state index in [1.807, 2.05) is 20.8 Å². The van der Waals surface area contributed by atoms with E-state index in [0.717, 1.165) is 12.8 Å². The molecule has 4 aliphatic rings. The van der Waals surface area contributed by atoms with Gasteiger partial charge in [0.25, 0.3) is 0 Å². The van der Waals surface area contributed by atoms with Crippen molar-refractivity contribution in [2.24, 2.45) is 28.6 Å².